The number of benzene rings is 2. The fourth-order valence-corrected chi connectivity index (χ4v) is 3.27. The van der Waals surface area contributed by atoms with Crippen molar-refractivity contribution in [2.75, 3.05) is 24.6 Å². The predicted octanol–water partition coefficient (Wildman–Crippen LogP) is 3.30. The second-order valence-corrected chi connectivity index (χ2v) is 7.13. The fraction of sp³-hybridized carbons (Fsp3) is 0.391. The molecule has 154 valence electrons. The topological polar surface area (TPSA) is 67.9 Å². The van der Waals surface area contributed by atoms with Crippen molar-refractivity contribution in [3.05, 3.63) is 60.2 Å². The number of rotatable bonds is 9. The van der Waals surface area contributed by atoms with Gasteiger partial charge in [-0.25, -0.2) is 0 Å². The molecule has 1 unspecified atom stereocenters. The number of hydrogen-bond acceptors (Lipinski definition) is 4. The van der Waals surface area contributed by atoms with Crippen LogP contribution in [0.15, 0.2) is 54.6 Å². The molecule has 1 atom stereocenters. The van der Waals surface area contributed by atoms with Crippen molar-refractivity contribution < 1.29 is 19.1 Å². The van der Waals surface area contributed by atoms with Crippen molar-refractivity contribution in [1.82, 2.24) is 5.32 Å². The van der Waals surface area contributed by atoms with E-state index in [0.717, 1.165) is 36.4 Å². The molecular formula is C23H28N2O4. The maximum absolute atomic E-state index is 12.1. The first-order chi connectivity index (χ1) is 14.1. The molecule has 1 saturated heterocycles. The van der Waals surface area contributed by atoms with Crippen LogP contribution in [0.5, 0.6) is 5.75 Å². The first-order valence-electron chi connectivity index (χ1n) is 10.0. The number of amides is 2. The monoisotopic (exact) mass is 396 g/mol. The minimum Gasteiger partial charge on any atom is -0.489 e. The van der Waals surface area contributed by atoms with E-state index in [2.05, 4.69) is 5.32 Å². The molecule has 1 heterocycles. The molecule has 0 aromatic heterocycles. The Morgan fingerprint density at radius 1 is 1.14 bits per heavy atom. The number of carbonyl (C=O) groups excluding carboxylic acids is 2. The van der Waals surface area contributed by atoms with Crippen molar-refractivity contribution in [1.29, 1.82) is 0 Å². The second kappa shape index (κ2) is 10.6. The Bertz CT molecular complexity index is 786. The van der Waals surface area contributed by atoms with Gasteiger partial charge >= 0.3 is 0 Å². The lowest BCUT2D eigenvalue weighted by Crippen LogP contribution is -2.36. The van der Waals surface area contributed by atoms with Crippen LogP contribution in [-0.2, 0) is 20.9 Å². The lowest BCUT2D eigenvalue weighted by atomic mass is 10.2. The van der Waals surface area contributed by atoms with Crippen LogP contribution in [0.4, 0.5) is 5.69 Å². The van der Waals surface area contributed by atoms with Crippen LogP contribution >= 0.6 is 0 Å². The van der Waals surface area contributed by atoms with E-state index < -0.39 is 0 Å². The number of nitrogens with one attached hydrogen (secondary N) is 1. The first-order valence-corrected chi connectivity index (χ1v) is 10.0. The third kappa shape index (κ3) is 6.61. The zero-order valence-corrected chi connectivity index (χ0v) is 16.8. The summed E-state index contributed by atoms with van der Waals surface area (Å²) in [5, 5.41) is 2.89. The van der Waals surface area contributed by atoms with Crippen molar-refractivity contribution in [3.8, 4) is 5.75 Å². The summed E-state index contributed by atoms with van der Waals surface area (Å²) in [4.78, 5) is 25.8. The molecule has 2 aromatic rings. The number of anilines is 1. The molecule has 6 nitrogen and oxygen atoms in total. The van der Waals surface area contributed by atoms with E-state index in [1.54, 1.807) is 4.90 Å². The van der Waals surface area contributed by atoms with Crippen LogP contribution in [0.3, 0.4) is 0 Å². The summed E-state index contributed by atoms with van der Waals surface area (Å²) >= 11 is 0. The molecule has 2 amide bonds. The van der Waals surface area contributed by atoms with Gasteiger partial charge < -0.3 is 19.7 Å². The molecule has 6 heteroatoms. The molecule has 0 spiro atoms. The Morgan fingerprint density at radius 2 is 1.90 bits per heavy atom. The quantitative estimate of drug-likeness (QED) is 0.706. The summed E-state index contributed by atoms with van der Waals surface area (Å²) in [6.45, 7) is 3.62. The van der Waals surface area contributed by atoms with Crippen LogP contribution < -0.4 is 15.0 Å². The number of ether oxygens (including phenoxy) is 2. The normalized spacial score (nSPS) is 15.7. The molecule has 0 aliphatic carbocycles. The van der Waals surface area contributed by atoms with Crippen LogP contribution in [0, 0.1) is 0 Å². The molecular weight excluding hydrogens is 368 g/mol. The van der Waals surface area contributed by atoms with Gasteiger partial charge in [0.15, 0.2) is 0 Å². The Morgan fingerprint density at radius 3 is 2.55 bits per heavy atom. The van der Waals surface area contributed by atoms with Gasteiger partial charge in [0.1, 0.15) is 12.4 Å². The average molecular weight is 396 g/mol. The smallest absolute Gasteiger partial charge is 0.223 e. The summed E-state index contributed by atoms with van der Waals surface area (Å²) in [5.41, 5.74) is 1.84. The van der Waals surface area contributed by atoms with Crippen molar-refractivity contribution in [2.24, 2.45) is 0 Å². The standard InChI is InChI=1S/C23H28N2O4/c1-18(26)25(14-13-23(27)24-16-22-8-5-15-28-22)20-9-11-21(12-10-20)29-17-19-6-3-2-4-7-19/h2-4,6-7,9-12,22H,5,8,13-17H2,1H3,(H,24,27). The van der Waals surface area contributed by atoms with Gasteiger partial charge in [-0.2, -0.15) is 0 Å². The largest absolute Gasteiger partial charge is 0.489 e. The summed E-state index contributed by atoms with van der Waals surface area (Å²) in [7, 11) is 0. The molecule has 1 aliphatic rings. The van der Waals surface area contributed by atoms with E-state index in [1.807, 2.05) is 54.6 Å². The van der Waals surface area contributed by atoms with Gasteiger partial charge in [-0.3, -0.25) is 9.59 Å². The van der Waals surface area contributed by atoms with E-state index >= 15 is 0 Å². The van der Waals surface area contributed by atoms with Gasteiger partial charge in [0.2, 0.25) is 11.8 Å². The minimum absolute atomic E-state index is 0.0745. The Balaban J connectivity index is 1.48. The van der Waals surface area contributed by atoms with Crippen LogP contribution in [0.2, 0.25) is 0 Å². The van der Waals surface area contributed by atoms with Crippen LogP contribution in [-0.4, -0.2) is 37.6 Å². The maximum atomic E-state index is 12.1. The zero-order chi connectivity index (χ0) is 20.5. The Hall–Kier alpha value is -2.86. The number of nitrogens with zero attached hydrogens (tertiary/aromatic N) is 1. The third-order valence-corrected chi connectivity index (χ3v) is 4.89. The molecule has 1 fully saturated rings. The number of hydrogen-bond donors (Lipinski definition) is 1. The van der Waals surface area contributed by atoms with Crippen molar-refractivity contribution in [3.63, 3.8) is 0 Å². The van der Waals surface area contributed by atoms with Crippen molar-refractivity contribution >= 4 is 17.5 Å². The summed E-state index contributed by atoms with van der Waals surface area (Å²) in [5.74, 6) is 0.555. The highest BCUT2D eigenvalue weighted by atomic mass is 16.5. The minimum atomic E-state index is -0.102. The van der Waals surface area contributed by atoms with Gasteiger partial charge in [0.05, 0.1) is 6.10 Å². The molecule has 0 radical (unpaired) electrons. The van der Waals surface area contributed by atoms with Gasteiger partial charge in [-0.05, 0) is 42.7 Å². The first kappa shape index (κ1) is 20.9. The average Bonchev–Trinajstić information content (AvgIpc) is 3.26. The highest BCUT2D eigenvalue weighted by molar-refractivity contribution is 5.92. The van der Waals surface area contributed by atoms with E-state index in [1.165, 1.54) is 6.92 Å². The third-order valence-electron chi connectivity index (χ3n) is 4.89. The van der Waals surface area contributed by atoms with Gasteiger partial charge in [0.25, 0.3) is 0 Å². The lowest BCUT2D eigenvalue weighted by molar-refractivity contribution is -0.121. The SMILES string of the molecule is CC(=O)N(CCC(=O)NCC1CCCO1)c1ccc(OCc2ccccc2)cc1. The summed E-state index contributed by atoms with van der Waals surface area (Å²) < 4.78 is 11.3. The van der Waals surface area contributed by atoms with E-state index in [-0.39, 0.29) is 24.3 Å². The van der Waals surface area contributed by atoms with E-state index in [9.17, 15) is 9.59 Å². The predicted molar refractivity (Wildman–Crippen MR) is 112 cm³/mol. The zero-order valence-electron chi connectivity index (χ0n) is 16.8. The Kier molecular flexibility index (Phi) is 7.64. The Labute approximate surface area is 171 Å². The highest BCUT2D eigenvalue weighted by Crippen LogP contribution is 2.21. The van der Waals surface area contributed by atoms with Crippen molar-refractivity contribution in [2.45, 2.75) is 38.9 Å². The molecule has 0 bridgehead atoms. The second-order valence-electron chi connectivity index (χ2n) is 7.13. The van der Waals surface area contributed by atoms with E-state index in [0.29, 0.717) is 19.7 Å². The molecule has 29 heavy (non-hydrogen) atoms. The van der Waals surface area contributed by atoms with Gasteiger partial charge in [-0.15, -0.1) is 0 Å². The molecule has 0 saturated carbocycles. The summed E-state index contributed by atoms with van der Waals surface area (Å²) in [6, 6.07) is 17.3. The van der Waals surface area contributed by atoms with E-state index in [4.69, 9.17) is 9.47 Å². The lowest BCUT2D eigenvalue weighted by Gasteiger charge is -2.21. The van der Waals surface area contributed by atoms with Crippen LogP contribution in [0.25, 0.3) is 0 Å². The van der Waals surface area contributed by atoms with Crippen LogP contribution in [0.1, 0.15) is 31.7 Å². The molecule has 2 aromatic carbocycles. The maximum Gasteiger partial charge on any atom is 0.223 e. The molecule has 3 rings (SSSR count). The molecule has 1 aliphatic heterocycles. The fourth-order valence-electron chi connectivity index (χ4n) is 3.27. The number of carbonyl (C=O) groups is 2. The van der Waals surface area contributed by atoms with Gasteiger partial charge in [-0.1, -0.05) is 30.3 Å². The molecule has 1 N–H and O–H groups in total. The van der Waals surface area contributed by atoms with Gasteiger partial charge in [0, 0.05) is 38.7 Å². The highest BCUT2D eigenvalue weighted by Gasteiger charge is 2.17. The summed E-state index contributed by atoms with van der Waals surface area (Å²) in [6.07, 6.45) is 2.40.